The van der Waals surface area contributed by atoms with E-state index in [0.29, 0.717) is 30.7 Å². The lowest BCUT2D eigenvalue weighted by molar-refractivity contribution is 0.143. The van der Waals surface area contributed by atoms with Crippen LogP contribution in [-0.4, -0.2) is 31.9 Å². The molecule has 1 aromatic heterocycles. The maximum atomic E-state index is 6.05. The molecule has 0 saturated carbocycles. The van der Waals surface area contributed by atoms with Gasteiger partial charge in [0.05, 0.1) is 17.3 Å². The van der Waals surface area contributed by atoms with Gasteiger partial charge in [-0.1, -0.05) is 18.5 Å². The average molecular weight is 259 g/mol. The molecule has 0 spiro atoms. The number of hydrogen-bond acceptors (Lipinski definition) is 4. The van der Waals surface area contributed by atoms with Crippen molar-refractivity contribution in [2.75, 3.05) is 26.9 Å². The van der Waals surface area contributed by atoms with Gasteiger partial charge in [0.15, 0.2) is 0 Å². The molecule has 0 aliphatic rings. The van der Waals surface area contributed by atoms with E-state index >= 15 is 0 Å². The molecular formula is C12H19ClN2O2. The molecule has 0 radical (unpaired) electrons. The van der Waals surface area contributed by atoms with Crippen LogP contribution >= 0.6 is 11.6 Å². The average Bonchev–Trinajstić information content (AvgIpc) is 2.33. The number of ether oxygens (including phenoxy) is 2. The Morgan fingerprint density at radius 3 is 2.88 bits per heavy atom. The SMILES string of the molecule is CCCNCc1nc(OCCOC)ccc1Cl. The molecule has 1 N–H and O–H groups in total. The van der Waals surface area contributed by atoms with Gasteiger partial charge >= 0.3 is 0 Å². The summed E-state index contributed by atoms with van der Waals surface area (Å²) in [5.41, 5.74) is 0.815. The molecule has 4 nitrogen and oxygen atoms in total. The van der Waals surface area contributed by atoms with E-state index in [1.165, 1.54) is 0 Å². The second-order valence-corrected chi connectivity index (χ2v) is 4.00. The Morgan fingerprint density at radius 2 is 2.18 bits per heavy atom. The van der Waals surface area contributed by atoms with Gasteiger partial charge in [-0.25, -0.2) is 4.98 Å². The fourth-order valence-electron chi connectivity index (χ4n) is 1.28. The number of methoxy groups -OCH3 is 1. The highest BCUT2D eigenvalue weighted by Gasteiger charge is 2.04. The first kappa shape index (κ1) is 14.2. The predicted octanol–water partition coefficient (Wildman–Crippen LogP) is 2.26. The topological polar surface area (TPSA) is 43.4 Å². The summed E-state index contributed by atoms with van der Waals surface area (Å²) >= 11 is 6.05. The Kier molecular flexibility index (Phi) is 6.93. The molecule has 5 heteroatoms. The zero-order valence-electron chi connectivity index (χ0n) is 10.3. The number of nitrogens with zero attached hydrogens (tertiary/aromatic N) is 1. The highest BCUT2D eigenvalue weighted by atomic mass is 35.5. The van der Waals surface area contributed by atoms with Crippen LogP contribution in [0.2, 0.25) is 5.02 Å². The molecule has 1 aromatic rings. The van der Waals surface area contributed by atoms with Crippen LogP contribution in [0.4, 0.5) is 0 Å². The van der Waals surface area contributed by atoms with Crippen molar-refractivity contribution in [3.63, 3.8) is 0 Å². The van der Waals surface area contributed by atoms with Gasteiger partial charge in [0.1, 0.15) is 6.61 Å². The quantitative estimate of drug-likeness (QED) is 0.727. The van der Waals surface area contributed by atoms with Crippen LogP contribution in [0.5, 0.6) is 5.88 Å². The van der Waals surface area contributed by atoms with Crippen LogP contribution in [0.25, 0.3) is 0 Å². The molecule has 96 valence electrons. The lowest BCUT2D eigenvalue weighted by atomic mass is 10.3. The lowest BCUT2D eigenvalue weighted by Gasteiger charge is -2.08. The van der Waals surface area contributed by atoms with Crippen molar-refractivity contribution >= 4 is 11.6 Å². The third-order valence-electron chi connectivity index (χ3n) is 2.15. The van der Waals surface area contributed by atoms with Crippen molar-refractivity contribution in [1.29, 1.82) is 0 Å². The smallest absolute Gasteiger partial charge is 0.213 e. The van der Waals surface area contributed by atoms with Crippen molar-refractivity contribution < 1.29 is 9.47 Å². The van der Waals surface area contributed by atoms with Crippen LogP contribution in [0.15, 0.2) is 12.1 Å². The van der Waals surface area contributed by atoms with Crippen LogP contribution < -0.4 is 10.1 Å². The minimum absolute atomic E-state index is 0.493. The van der Waals surface area contributed by atoms with Crippen LogP contribution in [-0.2, 0) is 11.3 Å². The Bertz CT molecular complexity index is 334. The summed E-state index contributed by atoms with van der Waals surface area (Å²) in [4.78, 5) is 4.34. The van der Waals surface area contributed by atoms with Gasteiger partial charge in [0, 0.05) is 19.7 Å². The normalized spacial score (nSPS) is 10.5. The Balaban J connectivity index is 2.53. The van der Waals surface area contributed by atoms with E-state index in [2.05, 4.69) is 17.2 Å². The van der Waals surface area contributed by atoms with Gasteiger partial charge in [-0.3, -0.25) is 0 Å². The van der Waals surface area contributed by atoms with E-state index < -0.39 is 0 Å². The first-order chi connectivity index (χ1) is 8.27. The van der Waals surface area contributed by atoms with E-state index in [0.717, 1.165) is 18.7 Å². The molecule has 0 amide bonds. The van der Waals surface area contributed by atoms with Gasteiger partial charge in [-0.15, -0.1) is 0 Å². The summed E-state index contributed by atoms with van der Waals surface area (Å²) < 4.78 is 10.3. The van der Waals surface area contributed by atoms with Crippen LogP contribution in [0, 0.1) is 0 Å². The van der Waals surface area contributed by atoms with Gasteiger partial charge in [0.2, 0.25) is 5.88 Å². The Hall–Kier alpha value is -0.840. The maximum absolute atomic E-state index is 6.05. The molecule has 0 aromatic carbocycles. The lowest BCUT2D eigenvalue weighted by Crippen LogP contribution is -2.15. The maximum Gasteiger partial charge on any atom is 0.213 e. The largest absolute Gasteiger partial charge is 0.475 e. The zero-order chi connectivity index (χ0) is 12.5. The zero-order valence-corrected chi connectivity index (χ0v) is 11.1. The summed E-state index contributed by atoms with van der Waals surface area (Å²) in [5, 5.41) is 3.92. The highest BCUT2D eigenvalue weighted by Crippen LogP contribution is 2.17. The monoisotopic (exact) mass is 258 g/mol. The minimum Gasteiger partial charge on any atom is -0.475 e. The van der Waals surface area contributed by atoms with E-state index in [9.17, 15) is 0 Å². The summed E-state index contributed by atoms with van der Waals surface area (Å²) in [5.74, 6) is 0.583. The molecule has 0 unspecified atom stereocenters. The standard InChI is InChI=1S/C12H19ClN2O2/c1-3-6-14-9-11-10(13)4-5-12(15-11)17-8-7-16-2/h4-5,14H,3,6-9H2,1-2H3. The molecule has 0 aliphatic heterocycles. The molecule has 0 atom stereocenters. The minimum atomic E-state index is 0.493. The first-order valence-corrected chi connectivity index (χ1v) is 6.13. The van der Waals surface area contributed by atoms with Crippen LogP contribution in [0.1, 0.15) is 19.0 Å². The summed E-state index contributed by atoms with van der Waals surface area (Å²) in [6, 6.07) is 3.57. The van der Waals surface area contributed by atoms with E-state index in [4.69, 9.17) is 21.1 Å². The van der Waals surface area contributed by atoms with Crippen molar-refractivity contribution in [3.8, 4) is 5.88 Å². The number of nitrogens with one attached hydrogen (secondary N) is 1. The van der Waals surface area contributed by atoms with Gasteiger partial charge in [0.25, 0.3) is 0 Å². The van der Waals surface area contributed by atoms with E-state index in [1.54, 1.807) is 19.2 Å². The second-order valence-electron chi connectivity index (χ2n) is 3.60. The third-order valence-corrected chi connectivity index (χ3v) is 2.49. The molecule has 0 bridgehead atoms. The summed E-state index contributed by atoms with van der Waals surface area (Å²) in [7, 11) is 1.64. The number of halogens is 1. The fourth-order valence-corrected chi connectivity index (χ4v) is 1.45. The summed E-state index contributed by atoms with van der Waals surface area (Å²) in [6.45, 7) is 4.77. The number of rotatable bonds is 8. The van der Waals surface area contributed by atoms with E-state index in [1.807, 2.05) is 0 Å². The van der Waals surface area contributed by atoms with E-state index in [-0.39, 0.29) is 0 Å². The molecule has 0 fully saturated rings. The van der Waals surface area contributed by atoms with Crippen molar-refractivity contribution in [2.24, 2.45) is 0 Å². The highest BCUT2D eigenvalue weighted by molar-refractivity contribution is 6.31. The van der Waals surface area contributed by atoms with Crippen molar-refractivity contribution in [2.45, 2.75) is 19.9 Å². The van der Waals surface area contributed by atoms with Gasteiger partial charge in [-0.2, -0.15) is 0 Å². The molecule has 0 saturated heterocycles. The Labute approximate surface area is 107 Å². The second kappa shape index (κ2) is 8.28. The number of hydrogen-bond donors (Lipinski definition) is 1. The fraction of sp³-hybridized carbons (Fsp3) is 0.583. The molecule has 0 aliphatic carbocycles. The molecular weight excluding hydrogens is 240 g/mol. The van der Waals surface area contributed by atoms with Crippen LogP contribution in [0.3, 0.4) is 0 Å². The first-order valence-electron chi connectivity index (χ1n) is 5.75. The van der Waals surface area contributed by atoms with Gasteiger partial charge in [-0.05, 0) is 19.0 Å². The van der Waals surface area contributed by atoms with Gasteiger partial charge < -0.3 is 14.8 Å². The number of pyridine rings is 1. The van der Waals surface area contributed by atoms with Crippen molar-refractivity contribution in [3.05, 3.63) is 22.8 Å². The molecule has 1 rings (SSSR count). The van der Waals surface area contributed by atoms with Crippen molar-refractivity contribution in [1.82, 2.24) is 10.3 Å². The Morgan fingerprint density at radius 1 is 1.35 bits per heavy atom. The predicted molar refractivity (Wildman–Crippen MR) is 68.6 cm³/mol. The molecule has 17 heavy (non-hydrogen) atoms. The molecule has 1 heterocycles. The third kappa shape index (κ3) is 5.35. The number of aromatic nitrogens is 1. The summed E-state index contributed by atoms with van der Waals surface area (Å²) in [6.07, 6.45) is 1.08.